The van der Waals surface area contributed by atoms with E-state index in [-0.39, 0.29) is 12.0 Å². The third-order valence-corrected chi connectivity index (χ3v) is 3.79. The highest BCUT2D eigenvalue weighted by atomic mass is 16.5. The summed E-state index contributed by atoms with van der Waals surface area (Å²) in [5, 5.41) is 3.27. The Labute approximate surface area is 124 Å². The number of esters is 1. The molecule has 20 heavy (non-hydrogen) atoms. The highest BCUT2D eigenvalue weighted by Crippen LogP contribution is 2.19. The highest BCUT2D eigenvalue weighted by molar-refractivity contribution is 5.80. The second-order valence-corrected chi connectivity index (χ2v) is 5.61. The van der Waals surface area contributed by atoms with Gasteiger partial charge >= 0.3 is 5.97 Å². The lowest BCUT2D eigenvalue weighted by molar-refractivity contribution is -0.151. The van der Waals surface area contributed by atoms with Gasteiger partial charge in [-0.15, -0.1) is 0 Å². The molecule has 0 aromatic heterocycles. The van der Waals surface area contributed by atoms with Crippen LogP contribution >= 0.6 is 0 Å². The molecule has 1 N–H and O–H groups in total. The zero-order chi connectivity index (χ0) is 15.8. The zero-order valence-corrected chi connectivity index (χ0v) is 14.2. The van der Waals surface area contributed by atoms with E-state index in [2.05, 4.69) is 31.1 Å². The normalized spacial score (nSPS) is 17.6. The molecule has 0 saturated heterocycles. The average molecular weight is 288 g/mol. The molecule has 120 valence electrons. The third-order valence-electron chi connectivity index (χ3n) is 3.79. The molecule has 0 bridgehead atoms. The van der Waals surface area contributed by atoms with Gasteiger partial charge in [0.25, 0.3) is 0 Å². The molecule has 0 spiro atoms. The van der Waals surface area contributed by atoms with Gasteiger partial charge in [-0.05, 0) is 47.7 Å². The van der Waals surface area contributed by atoms with Gasteiger partial charge in [0, 0.05) is 19.2 Å². The van der Waals surface area contributed by atoms with Crippen molar-refractivity contribution >= 4 is 5.97 Å². The number of likely N-dealkylation sites (N-methyl/N-ethyl adjacent to an activating group) is 2. The Kier molecular flexibility index (Phi) is 9.01. The number of nitrogens with one attached hydrogen (secondary N) is 1. The summed E-state index contributed by atoms with van der Waals surface area (Å²) in [6.07, 6.45) is 0.699. The van der Waals surface area contributed by atoms with Crippen LogP contribution in [0.5, 0.6) is 0 Å². The fraction of sp³-hybridized carbons (Fsp3) is 0.933. The van der Waals surface area contributed by atoms with Crippen molar-refractivity contribution in [1.29, 1.82) is 0 Å². The van der Waals surface area contributed by atoms with Crippen LogP contribution in [0.25, 0.3) is 0 Å². The molecule has 0 heterocycles. The summed E-state index contributed by atoms with van der Waals surface area (Å²) in [7, 11) is 3.77. The van der Waals surface area contributed by atoms with Crippen LogP contribution in [0.4, 0.5) is 0 Å². The molecule has 0 aromatic rings. The van der Waals surface area contributed by atoms with E-state index in [9.17, 15) is 4.79 Å². The van der Waals surface area contributed by atoms with E-state index in [0.717, 1.165) is 6.54 Å². The lowest BCUT2D eigenvalue weighted by Crippen LogP contribution is -2.54. The first-order valence-electron chi connectivity index (χ1n) is 7.45. The van der Waals surface area contributed by atoms with Gasteiger partial charge in [-0.25, -0.2) is 0 Å². The van der Waals surface area contributed by atoms with Crippen molar-refractivity contribution in [2.24, 2.45) is 0 Å². The summed E-state index contributed by atoms with van der Waals surface area (Å²) in [5.41, 5.74) is -0.648. The van der Waals surface area contributed by atoms with E-state index in [4.69, 9.17) is 9.47 Å². The Morgan fingerprint density at radius 3 is 2.35 bits per heavy atom. The van der Waals surface area contributed by atoms with Crippen LogP contribution in [0.15, 0.2) is 0 Å². The van der Waals surface area contributed by atoms with Crippen LogP contribution in [-0.4, -0.2) is 62.4 Å². The van der Waals surface area contributed by atoms with Crippen LogP contribution in [0.3, 0.4) is 0 Å². The fourth-order valence-corrected chi connectivity index (χ4v) is 2.44. The minimum Gasteiger partial charge on any atom is -0.465 e. The van der Waals surface area contributed by atoms with Gasteiger partial charge in [0.05, 0.1) is 13.2 Å². The zero-order valence-electron chi connectivity index (χ0n) is 14.2. The SMILES string of the molecule is CCNC(C)(CC(C)N(C)C(C)COC)C(=O)OCC. The fourth-order valence-electron chi connectivity index (χ4n) is 2.44. The quantitative estimate of drug-likeness (QED) is 0.620. The van der Waals surface area contributed by atoms with Gasteiger partial charge in [-0.2, -0.15) is 0 Å². The molecule has 3 atom stereocenters. The smallest absolute Gasteiger partial charge is 0.326 e. The standard InChI is InChI=1S/C15H32N2O3/c1-8-16-15(5,14(18)20-9-2)10-12(3)17(6)13(4)11-19-7/h12-13,16H,8-11H2,1-7H3. The van der Waals surface area contributed by atoms with Crippen LogP contribution in [-0.2, 0) is 14.3 Å². The summed E-state index contributed by atoms with van der Waals surface area (Å²) >= 11 is 0. The van der Waals surface area contributed by atoms with Crippen molar-refractivity contribution in [3.8, 4) is 0 Å². The van der Waals surface area contributed by atoms with Crippen molar-refractivity contribution in [1.82, 2.24) is 10.2 Å². The summed E-state index contributed by atoms with van der Waals surface area (Å²) in [5.74, 6) is -0.179. The molecule has 5 heteroatoms. The summed E-state index contributed by atoms with van der Waals surface area (Å²) in [6, 6.07) is 0.552. The number of ether oxygens (including phenoxy) is 2. The molecule has 0 amide bonds. The van der Waals surface area contributed by atoms with Crippen LogP contribution in [0.2, 0.25) is 0 Å². The van der Waals surface area contributed by atoms with Crippen molar-refractivity contribution in [2.45, 2.75) is 58.7 Å². The Morgan fingerprint density at radius 2 is 1.90 bits per heavy atom. The molecule has 0 rings (SSSR count). The third kappa shape index (κ3) is 5.77. The number of rotatable bonds is 10. The maximum absolute atomic E-state index is 12.2. The topological polar surface area (TPSA) is 50.8 Å². The Hall–Kier alpha value is -0.650. The number of carbonyl (C=O) groups is 1. The molecule has 0 aliphatic carbocycles. The van der Waals surface area contributed by atoms with Crippen molar-refractivity contribution in [3.63, 3.8) is 0 Å². The maximum atomic E-state index is 12.2. The predicted octanol–water partition coefficient (Wildman–Crippen LogP) is 1.66. The molecule has 5 nitrogen and oxygen atoms in total. The first kappa shape index (κ1) is 19.4. The number of carbonyl (C=O) groups excluding carboxylic acids is 1. The molecular formula is C15H32N2O3. The molecule has 3 unspecified atom stereocenters. The van der Waals surface area contributed by atoms with Gasteiger partial charge in [-0.1, -0.05) is 6.92 Å². The van der Waals surface area contributed by atoms with Gasteiger partial charge in [0.1, 0.15) is 5.54 Å². The minimum atomic E-state index is -0.648. The molecule has 0 saturated carbocycles. The van der Waals surface area contributed by atoms with Gasteiger partial charge in [0.2, 0.25) is 0 Å². The largest absolute Gasteiger partial charge is 0.465 e. The summed E-state index contributed by atoms with van der Waals surface area (Å²) in [6.45, 7) is 11.8. The highest BCUT2D eigenvalue weighted by Gasteiger charge is 2.36. The number of hydrogen-bond acceptors (Lipinski definition) is 5. The predicted molar refractivity (Wildman–Crippen MR) is 81.9 cm³/mol. The molecule has 0 aromatic carbocycles. The lowest BCUT2D eigenvalue weighted by Gasteiger charge is -2.36. The lowest BCUT2D eigenvalue weighted by atomic mass is 9.92. The van der Waals surface area contributed by atoms with Gasteiger partial charge in [0.15, 0.2) is 0 Å². The maximum Gasteiger partial charge on any atom is 0.326 e. The van der Waals surface area contributed by atoms with E-state index in [1.807, 2.05) is 20.8 Å². The van der Waals surface area contributed by atoms with E-state index < -0.39 is 5.54 Å². The average Bonchev–Trinajstić information content (AvgIpc) is 2.38. The molecule has 0 radical (unpaired) electrons. The Bertz CT molecular complexity index is 286. The van der Waals surface area contributed by atoms with E-state index in [1.54, 1.807) is 7.11 Å². The monoisotopic (exact) mass is 288 g/mol. The number of methoxy groups -OCH3 is 1. The first-order valence-corrected chi connectivity index (χ1v) is 7.45. The molecular weight excluding hydrogens is 256 g/mol. The van der Waals surface area contributed by atoms with Crippen molar-refractivity contribution in [2.75, 3.05) is 33.9 Å². The van der Waals surface area contributed by atoms with Crippen molar-refractivity contribution in [3.05, 3.63) is 0 Å². The van der Waals surface area contributed by atoms with Crippen LogP contribution in [0.1, 0.15) is 41.0 Å². The van der Waals surface area contributed by atoms with Crippen LogP contribution in [0, 0.1) is 0 Å². The van der Waals surface area contributed by atoms with Crippen LogP contribution < -0.4 is 5.32 Å². The second kappa shape index (κ2) is 9.32. The summed E-state index contributed by atoms with van der Waals surface area (Å²) in [4.78, 5) is 14.4. The number of hydrogen-bond donors (Lipinski definition) is 1. The Balaban J connectivity index is 4.76. The number of nitrogens with zero attached hydrogens (tertiary/aromatic N) is 1. The first-order chi connectivity index (χ1) is 9.32. The summed E-state index contributed by atoms with van der Waals surface area (Å²) < 4.78 is 10.4. The Morgan fingerprint density at radius 1 is 1.30 bits per heavy atom. The van der Waals surface area contributed by atoms with E-state index in [1.165, 1.54) is 0 Å². The van der Waals surface area contributed by atoms with Crippen molar-refractivity contribution < 1.29 is 14.3 Å². The second-order valence-electron chi connectivity index (χ2n) is 5.61. The minimum absolute atomic E-state index is 0.179. The van der Waals surface area contributed by atoms with Gasteiger partial charge < -0.3 is 14.8 Å². The molecule has 0 aliphatic rings. The van der Waals surface area contributed by atoms with E-state index >= 15 is 0 Å². The molecule has 0 fully saturated rings. The van der Waals surface area contributed by atoms with Gasteiger partial charge in [-0.3, -0.25) is 9.69 Å². The molecule has 0 aliphatic heterocycles. The van der Waals surface area contributed by atoms with E-state index in [0.29, 0.717) is 25.7 Å².